The molecule has 4 nitrogen and oxygen atoms in total. The predicted molar refractivity (Wildman–Crippen MR) is 86.9 cm³/mol. The van der Waals surface area contributed by atoms with Crippen LogP contribution < -0.4 is 10.9 Å². The number of hydrogen-bond acceptors (Lipinski definition) is 2. The van der Waals surface area contributed by atoms with Gasteiger partial charge in [0.25, 0.3) is 11.5 Å². The van der Waals surface area contributed by atoms with Crippen molar-refractivity contribution in [2.75, 3.05) is 0 Å². The van der Waals surface area contributed by atoms with E-state index >= 15 is 0 Å². The van der Waals surface area contributed by atoms with Crippen molar-refractivity contribution in [3.63, 3.8) is 0 Å². The van der Waals surface area contributed by atoms with Gasteiger partial charge >= 0.3 is 0 Å². The van der Waals surface area contributed by atoms with Crippen LogP contribution in [0.25, 0.3) is 10.9 Å². The average molecular weight is 310 g/mol. The first kappa shape index (κ1) is 15.0. The number of hydrogen-bond donors (Lipinski definition) is 2. The molecular formula is C18H15FN2O2. The lowest BCUT2D eigenvalue weighted by Gasteiger charge is -2.07. The van der Waals surface area contributed by atoms with Crippen LogP contribution in [0.2, 0.25) is 0 Å². The number of aromatic amines is 1. The van der Waals surface area contributed by atoms with Crippen LogP contribution in [-0.2, 0) is 6.54 Å². The van der Waals surface area contributed by atoms with E-state index in [1.165, 1.54) is 18.2 Å². The zero-order valence-corrected chi connectivity index (χ0v) is 12.5. The molecule has 2 aromatic carbocycles. The van der Waals surface area contributed by atoms with Gasteiger partial charge in [0.2, 0.25) is 0 Å². The molecule has 0 saturated carbocycles. The number of carbonyl (C=O) groups is 1. The summed E-state index contributed by atoms with van der Waals surface area (Å²) in [6.45, 7) is 1.98. The Morgan fingerprint density at radius 1 is 1.17 bits per heavy atom. The van der Waals surface area contributed by atoms with Gasteiger partial charge in [0, 0.05) is 17.6 Å². The topological polar surface area (TPSA) is 62.0 Å². The normalized spacial score (nSPS) is 10.7. The Balaban J connectivity index is 1.83. The van der Waals surface area contributed by atoms with Crippen molar-refractivity contribution < 1.29 is 9.18 Å². The molecule has 0 radical (unpaired) electrons. The number of nitrogens with one attached hydrogen (secondary N) is 2. The molecule has 0 unspecified atom stereocenters. The molecule has 2 N–H and O–H groups in total. The maximum atomic E-state index is 13.6. The molecular weight excluding hydrogens is 295 g/mol. The van der Waals surface area contributed by atoms with Crippen molar-refractivity contribution in [2.45, 2.75) is 13.5 Å². The van der Waals surface area contributed by atoms with Gasteiger partial charge in [-0.3, -0.25) is 9.59 Å². The van der Waals surface area contributed by atoms with E-state index in [0.29, 0.717) is 5.56 Å². The lowest BCUT2D eigenvalue weighted by atomic mass is 10.1. The first-order valence-electron chi connectivity index (χ1n) is 7.20. The van der Waals surface area contributed by atoms with Crippen LogP contribution in [-0.4, -0.2) is 10.9 Å². The second kappa shape index (κ2) is 6.04. The number of carbonyl (C=O) groups excluding carboxylic acids is 1. The molecule has 0 spiro atoms. The maximum Gasteiger partial charge on any atom is 0.254 e. The third kappa shape index (κ3) is 3.13. The van der Waals surface area contributed by atoms with Crippen LogP contribution in [0.5, 0.6) is 0 Å². The summed E-state index contributed by atoms with van der Waals surface area (Å²) in [5.41, 5.74) is 1.91. The largest absolute Gasteiger partial charge is 0.348 e. The first-order chi connectivity index (χ1) is 11.0. The van der Waals surface area contributed by atoms with Crippen molar-refractivity contribution in [1.82, 2.24) is 10.3 Å². The highest BCUT2D eigenvalue weighted by atomic mass is 19.1. The minimum atomic E-state index is -0.590. The van der Waals surface area contributed by atoms with Gasteiger partial charge in [-0.2, -0.15) is 0 Å². The number of aromatic nitrogens is 1. The smallest absolute Gasteiger partial charge is 0.254 e. The quantitative estimate of drug-likeness (QED) is 0.781. The third-order valence-electron chi connectivity index (χ3n) is 3.64. The number of halogens is 1. The molecule has 0 atom stereocenters. The van der Waals surface area contributed by atoms with E-state index in [1.807, 2.05) is 25.1 Å². The molecule has 1 heterocycles. The summed E-state index contributed by atoms with van der Waals surface area (Å²) in [7, 11) is 0. The highest BCUT2D eigenvalue weighted by Crippen LogP contribution is 2.13. The van der Waals surface area contributed by atoms with E-state index in [9.17, 15) is 14.0 Å². The molecule has 0 saturated heterocycles. The molecule has 1 amide bonds. The zero-order chi connectivity index (χ0) is 16.4. The Labute approximate surface area is 132 Å². The van der Waals surface area contributed by atoms with Crippen LogP contribution in [0, 0.1) is 12.7 Å². The zero-order valence-electron chi connectivity index (χ0n) is 12.5. The van der Waals surface area contributed by atoms with Crippen LogP contribution in [0.4, 0.5) is 4.39 Å². The van der Waals surface area contributed by atoms with Gasteiger partial charge in [0.15, 0.2) is 0 Å². The molecule has 0 aliphatic heterocycles. The van der Waals surface area contributed by atoms with E-state index in [2.05, 4.69) is 10.3 Å². The summed E-state index contributed by atoms with van der Waals surface area (Å²) in [5, 5.41) is 3.45. The fourth-order valence-corrected chi connectivity index (χ4v) is 2.41. The number of H-pyrrole nitrogens is 1. The molecule has 0 aliphatic rings. The summed E-state index contributed by atoms with van der Waals surface area (Å²) in [5.74, 6) is -1.14. The SMILES string of the molecule is Cc1ccc2cc(CNC(=O)c3ccccc3F)c(=O)[nH]c2c1. The van der Waals surface area contributed by atoms with Gasteiger partial charge in [-0.05, 0) is 42.1 Å². The van der Waals surface area contributed by atoms with Crippen LogP contribution in [0.3, 0.4) is 0 Å². The van der Waals surface area contributed by atoms with Crippen LogP contribution >= 0.6 is 0 Å². The van der Waals surface area contributed by atoms with E-state index in [1.54, 1.807) is 12.1 Å². The van der Waals surface area contributed by atoms with Crippen molar-refractivity contribution in [3.8, 4) is 0 Å². The average Bonchev–Trinajstić information content (AvgIpc) is 2.53. The summed E-state index contributed by atoms with van der Waals surface area (Å²) in [6.07, 6.45) is 0. The monoisotopic (exact) mass is 310 g/mol. The van der Waals surface area contributed by atoms with Crippen molar-refractivity contribution >= 4 is 16.8 Å². The summed E-state index contributed by atoms with van der Waals surface area (Å²) < 4.78 is 13.6. The minimum absolute atomic E-state index is 0.0340. The van der Waals surface area contributed by atoms with E-state index < -0.39 is 11.7 Å². The predicted octanol–water partition coefficient (Wildman–Crippen LogP) is 2.91. The molecule has 0 fully saturated rings. The number of pyridine rings is 1. The lowest BCUT2D eigenvalue weighted by molar-refractivity contribution is 0.0947. The third-order valence-corrected chi connectivity index (χ3v) is 3.64. The van der Waals surface area contributed by atoms with Crippen molar-refractivity contribution in [1.29, 1.82) is 0 Å². The standard InChI is InChI=1S/C18H15FN2O2/c1-11-6-7-12-9-13(17(22)21-16(12)8-11)10-20-18(23)14-4-2-3-5-15(14)19/h2-9H,10H2,1H3,(H,20,23)(H,21,22). The second-order valence-electron chi connectivity index (χ2n) is 5.38. The number of fused-ring (bicyclic) bond motifs is 1. The van der Waals surface area contributed by atoms with E-state index in [-0.39, 0.29) is 17.7 Å². The van der Waals surface area contributed by atoms with Crippen molar-refractivity contribution in [2.24, 2.45) is 0 Å². The molecule has 23 heavy (non-hydrogen) atoms. The number of benzene rings is 2. The van der Waals surface area contributed by atoms with E-state index in [0.717, 1.165) is 16.5 Å². The van der Waals surface area contributed by atoms with Gasteiger partial charge in [-0.15, -0.1) is 0 Å². The Bertz CT molecular complexity index is 947. The molecule has 0 bridgehead atoms. The second-order valence-corrected chi connectivity index (χ2v) is 5.38. The number of amides is 1. The molecule has 0 aliphatic carbocycles. The highest BCUT2D eigenvalue weighted by Gasteiger charge is 2.11. The lowest BCUT2D eigenvalue weighted by Crippen LogP contribution is -2.27. The first-order valence-corrected chi connectivity index (χ1v) is 7.20. The fraction of sp³-hybridized carbons (Fsp3) is 0.111. The molecule has 5 heteroatoms. The minimum Gasteiger partial charge on any atom is -0.348 e. The maximum absolute atomic E-state index is 13.6. The summed E-state index contributed by atoms with van der Waals surface area (Å²) >= 11 is 0. The van der Waals surface area contributed by atoms with Crippen LogP contribution in [0.1, 0.15) is 21.5 Å². The van der Waals surface area contributed by atoms with Gasteiger partial charge in [0.1, 0.15) is 5.82 Å². The fourth-order valence-electron chi connectivity index (χ4n) is 2.41. The molecule has 116 valence electrons. The Kier molecular flexibility index (Phi) is 3.93. The highest BCUT2D eigenvalue weighted by molar-refractivity contribution is 5.94. The molecule has 1 aromatic heterocycles. The number of aryl methyl sites for hydroxylation is 1. The Hall–Kier alpha value is -2.95. The van der Waals surface area contributed by atoms with Gasteiger partial charge in [0.05, 0.1) is 5.56 Å². The molecule has 3 aromatic rings. The summed E-state index contributed by atoms with van der Waals surface area (Å²) in [4.78, 5) is 26.9. The number of rotatable bonds is 3. The Morgan fingerprint density at radius 2 is 1.96 bits per heavy atom. The van der Waals surface area contributed by atoms with Gasteiger partial charge in [-0.1, -0.05) is 24.3 Å². The van der Waals surface area contributed by atoms with Gasteiger partial charge in [-0.25, -0.2) is 4.39 Å². The van der Waals surface area contributed by atoms with Crippen LogP contribution in [0.15, 0.2) is 53.3 Å². The Morgan fingerprint density at radius 3 is 2.74 bits per heavy atom. The van der Waals surface area contributed by atoms with E-state index in [4.69, 9.17) is 0 Å². The summed E-state index contributed by atoms with van der Waals surface area (Å²) in [6, 6.07) is 13.2. The molecule has 3 rings (SSSR count). The van der Waals surface area contributed by atoms with Crippen molar-refractivity contribution in [3.05, 3.63) is 81.4 Å². The van der Waals surface area contributed by atoms with Gasteiger partial charge < -0.3 is 10.3 Å².